The summed E-state index contributed by atoms with van der Waals surface area (Å²) in [6, 6.07) is 4.14. The highest BCUT2D eigenvalue weighted by Gasteiger charge is 2.17. The van der Waals surface area contributed by atoms with Gasteiger partial charge in [-0.25, -0.2) is 4.98 Å². The fourth-order valence-corrected chi connectivity index (χ4v) is 2.47. The minimum Gasteiger partial charge on any atom is -0.380 e. The fourth-order valence-electron chi connectivity index (χ4n) is 2.47. The van der Waals surface area contributed by atoms with Crippen LogP contribution in [-0.4, -0.2) is 55.8 Å². The van der Waals surface area contributed by atoms with E-state index in [4.69, 9.17) is 10.5 Å². The molecule has 0 radical (unpaired) electrons. The average molecular weight is 292 g/mol. The van der Waals surface area contributed by atoms with Crippen LogP contribution in [-0.2, 0) is 11.3 Å². The van der Waals surface area contributed by atoms with Crippen molar-refractivity contribution in [3.63, 3.8) is 0 Å². The van der Waals surface area contributed by atoms with Gasteiger partial charge < -0.3 is 15.4 Å². The molecule has 5 nitrogen and oxygen atoms in total. The molecule has 0 unspecified atom stereocenters. The monoisotopic (exact) mass is 292 g/mol. The van der Waals surface area contributed by atoms with Crippen molar-refractivity contribution in [3.8, 4) is 0 Å². The summed E-state index contributed by atoms with van der Waals surface area (Å²) in [7, 11) is 0. The third kappa shape index (κ3) is 5.26. The van der Waals surface area contributed by atoms with Gasteiger partial charge >= 0.3 is 0 Å². The summed E-state index contributed by atoms with van der Waals surface area (Å²) < 4.78 is 5.63. The number of unbranched alkanes of at least 4 members (excludes halogenated alkanes) is 1. The first kappa shape index (κ1) is 16.2. The Labute approximate surface area is 128 Å². The summed E-state index contributed by atoms with van der Waals surface area (Å²) in [5.74, 6) is 1.06. The second-order valence-electron chi connectivity index (χ2n) is 5.52. The Morgan fingerprint density at radius 3 is 2.62 bits per heavy atom. The second-order valence-corrected chi connectivity index (χ2v) is 5.52. The van der Waals surface area contributed by atoms with E-state index in [1.807, 2.05) is 6.20 Å². The predicted octanol–water partition coefficient (Wildman–Crippen LogP) is 1.48. The number of hydrogen-bond acceptors (Lipinski definition) is 5. The van der Waals surface area contributed by atoms with Crippen LogP contribution in [0.4, 0.5) is 5.82 Å². The molecule has 118 valence electrons. The SMILES string of the molecule is CCCCOCCN1CCN(c2ccc(CN)cn2)CC1. The molecule has 0 saturated carbocycles. The highest BCUT2D eigenvalue weighted by molar-refractivity contribution is 5.39. The Kier molecular flexibility index (Phi) is 6.92. The van der Waals surface area contributed by atoms with Crippen LogP contribution in [0.15, 0.2) is 18.3 Å². The average Bonchev–Trinajstić information content (AvgIpc) is 2.55. The molecule has 0 bridgehead atoms. The first-order valence-corrected chi connectivity index (χ1v) is 8.03. The Balaban J connectivity index is 1.67. The molecule has 0 atom stereocenters. The maximum Gasteiger partial charge on any atom is 0.128 e. The number of ether oxygens (including phenoxy) is 1. The summed E-state index contributed by atoms with van der Waals surface area (Å²) in [5.41, 5.74) is 6.69. The van der Waals surface area contributed by atoms with Gasteiger partial charge in [0.15, 0.2) is 0 Å². The molecule has 21 heavy (non-hydrogen) atoms. The molecule has 0 aliphatic carbocycles. The van der Waals surface area contributed by atoms with Gasteiger partial charge in [-0.2, -0.15) is 0 Å². The minimum absolute atomic E-state index is 0.555. The van der Waals surface area contributed by atoms with Gasteiger partial charge in [-0.15, -0.1) is 0 Å². The van der Waals surface area contributed by atoms with Crippen molar-refractivity contribution in [2.45, 2.75) is 26.3 Å². The molecule has 0 spiro atoms. The lowest BCUT2D eigenvalue weighted by Gasteiger charge is -2.35. The molecular formula is C16H28N4O. The van der Waals surface area contributed by atoms with E-state index in [9.17, 15) is 0 Å². The van der Waals surface area contributed by atoms with Gasteiger partial charge in [0.25, 0.3) is 0 Å². The van der Waals surface area contributed by atoms with E-state index < -0.39 is 0 Å². The summed E-state index contributed by atoms with van der Waals surface area (Å²) >= 11 is 0. The van der Waals surface area contributed by atoms with Gasteiger partial charge in [0.1, 0.15) is 5.82 Å². The highest BCUT2D eigenvalue weighted by Crippen LogP contribution is 2.13. The third-order valence-electron chi connectivity index (χ3n) is 3.94. The number of hydrogen-bond donors (Lipinski definition) is 1. The van der Waals surface area contributed by atoms with E-state index in [2.05, 4.69) is 33.8 Å². The summed E-state index contributed by atoms with van der Waals surface area (Å²) in [4.78, 5) is 9.31. The lowest BCUT2D eigenvalue weighted by atomic mass is 10.2. The van der Waals surface area contributed by atoms with E-state index in [0.29, 0.717) is 6.54 Å². The van der Waals surface area contributed by atoms with Crippen LogP contribution in [0.1, 0.15) is 25.3 Å². The van der Waals surface area contributed by atoms with Crippen molar-refractivity contribution in [2.24, 2.45) is 5.73 Å². The predicted molar refractivity (Wildman–Crippen MR) is 86.5 cm³/mol. The summed E-state index contributed by atoms with van der Waals surface area (Å²) in [6.07, 6.45) is 4.25. The maximum absolute atomic E-state index is 5.63. The molecule has 5 heteroatoms. The molecule has 2 N–H and O–H groups in total. The smallest absolute Gasteiger partial charge is 0.128 e. The number of nitrogens with zero attached hydrogens (tertiary/aromatic N) is 3. The molecule has 1 fully saturated rings. The van der Waals surface area contributed by atoms with E-state index in [1.165, 1.54) is 6.42 Å². The number of nitrogens with two attached hydrogens (primary N) is 1. The van der Waals surface area contributed by atoms with Gasteiger partial charge in [0, 0.05) is 52.1 Å². The zero-order valence-electron chi connectivity index (χ0n) is 13.1. The number of pyridine rings is 1. The molecule has 0 amide bonds. The third-order valence-corrected chi connectivity index (χ3v) is 3.94. The van der Waals surface area contributed by atoms with Crippen molar-refractivity contribution in [1.29, 1.82) is 0 Å². The summed E-state index contributed by atoms with van der Waals surface area (Å²) in [5, 5.41) is 0. The Bertz CT molecular complexity index is 388. The maximum atomic E-state index is 5.63. The molecule has 1 saturated heterocycles. The van der Waals surface area contributed by atoms with Gasteiger partial charge in [0.05, 0.1) is 6.61 Å². The molecule has 2 rings (SSSR count). The van der Waals surface area contributed by atoms with Crippen LogP contribution in [0.3, 0.4) is 0 Å². The second kappa shape index (κ2) is 8.97. The van der Waals surface area contributed by atoms with Gasteiger partial charge in [0.2, 0.25) is 0 Å². The number of anilines is 1. The largest absolute Gasteiger partial charge is 0.380 e. The standard InChI is InChI=1S/C16H28N4O/c1-2-3-11-21-12-10-19-6-8-20(9-7-19)16-5-4-15(13-17)14-18-16/h4-5,14H,2-3,6-13,17H2,1H3. The topological polar surface area (TPSA) is 54.6 Å². The van der Waals surface area contributed by atoms with Gasteiger partial charge in [-0.1, -0.05) is 19.4 Å². The zero-order valence-corrected chi connectivity index (χ0v) is 13.1. The molecule has 1 aliphatic rings. The van der Waals surface area contributed by atoms with Crippen LogP contribution >= 0.6 is 0 Å². The van der Waals surface area contributed by atoms with Crippen LogP contribution in [0.2, 0.25) is 0 Å². The van der Waals surface area contributed by atoms with E-state index >= 15 is 0 Å². The number of aromatic nitrogens is 1. The summed E-state index contributed by atoms with van der Waals surface area (Å²) in [6.45, 7) is 9.76. The van der Waals surface area contributed by atoms with E-state index in [0.717, 1.165) is 63.7 Å². The Morgan fingerprint density at radius 1 is 1.19 bits per heavy atom. The van der Waals surface area contributed by atoms with Crippen molar-refractivity contribution in [1.82, 2.24) is 9.88 Å². The highest BCUT2D eigenvalue weighted by atomic mass is 16.5. The lowest BCUT2D eigenvalue weighted by molar-refractivity contribution is 0.0994. The molecule has 2 heterocycles. The first-order valence-electron chi connectivity index (χ1n) is 8.03. The molecule has 0 aromatic carbocycles. The van der Waals surface area contributed by atoms with E-state index in [1.54, 1.807) is 0 Å². The fraction of sp³-hybridized carbons (Fsp3) is 0.688. The van der Waals surface area contributed by atoms with Crippen molar-refractivity contribution >= 4 is 5.82 Å². The van der Waals surface area contributed by atoms with Crippen molar-refractivity contribution in [2.75, 3.05) is 50.8 Å². The van der Waals surface area contributed by atoms with Gasteiger partial charge in [-0.3, -0.25) is 4.90 Å². The van der Waals surface area contributed by atoms with Crippen molar-refractivity contribution in [3.05, 3.63) is 23.9 Å². The van der Waals surface area contributed by atoms with Gasteiger partial charge in [-0.05, 0) is 18.1 Å². The van der Waals surface area contributed by atoms with Crippen LogP contribution in [0, 0.1) is 0 Å². The number of rotatable bonds is 8. The normalized spacial score (nSPS) is 16.4. The number of piperazine rings is 1. The minimum atomic E-state index is 0.555. The van der Waals surface area contributed by atoms with Crippen LogP contribution in [0.5, 0.6) is 0 Å². The van der Waals surface area contributed by atoms with Crippen LogP contribution in [0.25, 0.3) is 0 Å². The quantitative estimate of drug-likeness (QED) is 0.736. The van der Waals surface area contributed by atoms with Crippen LogP contribution < -0.4 is 10.6 Å². The van der Waals surface area contributed by atoms with E-state index in [-0.39, 0.29) is 0 Å². The Morgan fingerprint density at radius 2 is 2.00 bits per heavy atom. The molecular weight excluding hydrogens is 264 g/mol. The molecule has 1 aromatic heterocycles. The molecule has 1 aliphatic heterocycles. The zero-order chi connectivity index (χ0) is 14.9. The molecule has 1 aromatic rings. The first-order chi connectivity index (χ1) is 10.3. The van der Waals surface area contributed by atoms with Crippen molar-refractivity contribution < 1.29 is 4.74 Å². The Hall–Kier alpha value is -1.17. The lowest BCUT2D eigenvalue weighted by Crippen LogP contribution is -2.47.